The van der Waals surface area contributed by atoms with E-state index in [4.69, 9.17) is 11.1 Å². The summed E-state index contributed by atoms with van der Waals surface area (Å²) in [6.07, 6.45) is 1.83. The molecule has 8 heteroatoms. The van der Waals surface area contributed by atoms with Crippen molar-refractivity contribution < 1.29 is 0 Å². The summed E-state index contributed by atoms with van der Waals surface area (Å²) in [5.41, 5.74) is 8.43. The predicted octanol–water partition coefficient (Wildman–Crippen LogP) is 1.58. The Kier molecular flexibility index (Phi) is 5.51. The van der Waals surface area contributed by atoms with Crippen molar-refractivity contribution in [1.29, 1.82) is 5.41 Å². The van der Waals surface area contributed by atoms with E-state index in [1.54, 1.807) is 4.57 Å². The number of nitrogens with two attached hydrogens (primary N) is 1. The molecule has 2 heterocycles. The van der Waals surface area contributed by atoms with E-state index in [0.29, 0.717) is 25.3 Å². The average molecular weight is 381 g/mol. The van der Waals surface area contributed by atoms with E-state index < -0.39 is 0 Å². The normalized spacial score (nSPS) is 11.7. The highest BCUT2D eigenvalue weighted by Gasteiger charge is 2.17. The van der Waals surface area contributed by atoms with Crippen molar-refractivity contribution in [2.24, 2.45) is 5.73 Å². The standard InChI is InChI=1S/C20H27N7O/c1-20(2,3)16-10-14-12-27(19(28)26-17(14)25-16)15-6-4-13(5-7-15)11-23-8-9-24-18(21)22/h4-7,10,12,23H,8-9,11H2,1-3H3,(H4,21,22,24)(H,25,26,28). The first-order valence-corrected chi connectivity index (χ1v) is 9.25. The summed E-state index contributed by atoms with van der Waals surface area (Å²) in [5.74, 6) is -0.0285. The smallest absolute Gasteiger partial charge is 0.354 e. The molecule has 0 saturated heterocycles. The lowest BCUT2D eigenvalue weighted by atomic mass is 9.92. The van der Waals surface area contributed by atoms with Gasteiger partial charge >= 0.3 is 5.69 Å². The number of fused-ring (bicyclic) bond motifs is 1. The van der Waals surface area contributed by atoms with E-state index in [1.165, 1.54) is 0 Å². The van der Waals surface area contributed by atoms with Crippen LogP contribution in [0.2, 0.25) is 0 Å². The number of aromatic nitrogens is 3. The monoisotopic (exact) mass is 381 g/mol. The van der Waals surface area contributed by atoms with E-state index in [0.717, 1.165) is 22.3 Å². The lowest BCUT2D eigenvalue weighted by Gasteiger charge is -2.15. The lowest BCUT2D eigenvalue weighted by Crippen LogP contribution is -2.35. The SMILES string of the molecule is CC(C)(C)c1cc2cn(-c3ccc(CNCCNC(=N)N)cc3)c(=O)nc2[nH]1. The third-order valence-electron chi connectivity index (χ3n) is 4.48. The molecule has 3 rings (SSSR count). The molecule has 8 nitrogen and oxygen atoms in total. The van der Waals surface area contributed by atoms with E-state index in [-0.39, 0.29) is 17.1 Å². The van der Waals surface area contributed by atoms with Gasteiger partial charge in [0, 0.05) is 42.3 Å². The van der Waals surface area contributed by atoms with Crippen LogP contribution in [0.3, 0.4) is 0 Å². The van der Waals surface area contributed by atoms with E-state index >= 15 is 0 Å². The van der Waals surface area contributed by atoms with Crippen LogP contribution in [0.15, 0.2) is 41.3 Å². The summed E-state index contributed by atoms with van der Waals surface area (Å²) < 4.78 is 1.57. The van der Waals surface area contributed by atoms with Gasteiger partial charge in [0.15, 0.2) is 5.96 Å². The van der Waals surface area contributed by atoms with Gasteiger partial charge < -0.3 is 21.4 Å². The first-order chi connectivity index (χ1) is 13.2. The predicted molar refractivity (Wildman–Crippen MR) is 112 cm³/mol. The van der Waals surface area contributed by atoms with Gasteiger partial charge in [-0.1, -0.05) is 32.9 Å². The molecule has 0 saturated carbocycles. The largest absolute Gasteiger partial charge is 0.370 e. The number of guanidine groups is 1. The van der Waals surface area contributed by atoms with Crippen LogP contribution in [0.25, 0.3) is 16.7 Å². The molecule has 0 fully saturated rings. The van der Waals surface area contributed by atoms with Crippen LogP contribution in [0.4, 0.5) is 0 Å². The number of nitrogens with one attached hydrogen (secondary N) is 4. The fourth-order valence-corrected chi connectivity index (χ4v) is 2.88. The molecule has 0 bridgehead atoms. The number of H-pyrrole nitrogens is 1. The third kappa shape index (κ3) is 4.58. The molecule has 3 aromatic rings. The fourth-order valence-electron chi connectivity index (χ4n) is 2.88. The molecule has 0 amide bonds. The minimum Gasteiger partial charge on any atom is -0.370 e. The zero-order chi connectivity index (χ0) is 20.3. The maximum atomic E-state index is 12.5. The number of nitrogens with zero attached hydrogens (tertiary/aromatic N) is 2. The maximum absolute atomic E-state index is 12.5. The molecule has 0 radical (unpaired) electrons. The summed E-state index contributed by atoms with van der Waals surface area (Å²) in [5, 5.41) is 14.0. The molecule has 0 atom stereocenters. The second-order valence-corrected chi connectivity index (χ2v) is 7.81. The van der Waals surface area contributed by atoms with E-state index in [9.17, 15) is 4.79 Å². The van der Waals surface area contributed by atoms with Crippen LogP contribution in [-0.4, -0.2) is 33.6 Å². The lowest BCUT2D eigenvalue weighted by molar-refractivity contribution is 0.574. The molecule has 28 heavy (non-hydrogen) atoms. The molecule has 0 spiro atoms. The molecule has 2 aromatic heterocycles. The molecule has 0 aliphatic rings. The van der Waals surface area contributed by atoms with Gasteiger partial charge in [-0.25, -0.2) is 4.79 Å². The topological polar surface area (TPSA) is 125 Å². The highest BCUT2D eigenvalue weighted by molar-refractivity contribution is 5.76. The van der Waals surface area contributed by atoms with Gasteiger partial charge in [-0.15, -0.1) is 0 Å². The molecule has 0 unspecified atom stereocenters. The Labute approximate surface area is 163 Å². The molecule has 1 aromatic carbocycles. The number of hydrogen-bond donors (Lipinski definition) is 5. The van der Waals surface area contributed by atoms with Crippen LogP contribution in [0, 0.1) is 5.41 Å². The Morgan fingerprint density at radius 3 is 2.61 bits per heavy atom. The molecule has 148 valence electrons. The fraction of sp³-hybridized carbons (Fsp3) is 0.350. The van der Waals surface area contributed by atoms with Crippen LogP contribution in [0.1, 0.15) is 32.0 Å². The Hall–Kier alpha value is -3.13. The molecular weight excluding hydrogens is 354 g/mol. The summed E-state index contributed by atoms with van der Waals surface area (Å²) in [6.45, 7) is 8.35. The van der Waals surface area contributed by atoms with Gasteiger partial charge in [-0.3, -0.25) is 9.98 Å². The molecule has 6 N–H and O–H groups in total. The summed E-state index contributed by atoms with van der Waals surface area (Å²) in [6, 6.07) is 9.84. The summed E-state index contributed by atoms with van der Waals surface area (Å²) in [7, 11) is 0. The van der Waals surface area contributed by atoms with Crippen molar-refractivity contribution in [1.82, 2.24) is 25.2 Å². The van der Waals surface area contributed by atoms with Crippen molar-refractivity contribution in [3.8, 4) is 5.69 Å². The van der Waals surface area contributed by atoms with Crippen molar-refractivity contribution in [3.63, 3.8) is 0 Å². The second-order valence-electron chi connectivity index (χ2n) is 7.81. The van der Waals surface area contributed by atoms with Gasteiger partial charge in [0.2, 0.25) is 0 Å². The minimum absolute atomic E-state index is 0.0285. The van der Waals surface area contributed by atoms with Gasteiger partial charge in [0.05, 0.1) is 5.69 Å². The number of hydrogen-bond acceptors (Lipinski definition) is 4. The average Bonchev–Trinajstić information content (AvgIpc) is 3.04. The Morgan fingerprint density at radius 2 is 1.96 bits per heavy atom. The second kappa shape index (κ2) is 7.85. The first-order valence-electron chi connectivity index (χ1n) is 9.25. The summed E-state index contributed by atoms with van der Waals surface area (Å²) in [4.78, 5) is 19.9. The van der Waals surface area contributed by atoms with Gasteiger partial charge in [0.1, 0.15) is 5.65 Å². The quantitative estimate of drug-likeness (QED) is 0.252. The number of benzene rings is 1. The highest BCUT2D eigenvalue weighted by atomic mass is 16.1. The van der Waals surface area contributed by atoms with E-state index in [2.05, 4.69) is 41.4 Å². The molecule has 0 aliphatic heterocycles. The van der Waals surface area contributed by atoms with Gasteiger partial charge in [-0.2, -0.15) is 4.98 Å². The van der Waals surface area contributed by atoms with Crippen LogP contribution >= 0.6 is 0 Å². The Bertz CT molecular complexity index is 1030. The van der Waals surface area contributed by atoms with Crippen LogP contribution < -0.4 is 22.1 Å². The Balaban J connectivity index is 1.74. The van der Waals surface area contributed by atoms with Crippen molar-refractivity contribution in [3.05, 3.63) is 58.3 Å². The van der Waals surface area contributed by atoms with Gasteiger partial charge in [0.25, 0.3) is 0 Å². The van der Waals surface area contributed by atoms with Crippen LogP contribution in [0.5, 0.6) is 0 Å². The third-order valence-corrected chi connectivity index (χ3v) is 4.48. The highest BCUT2D eigenvalue weighted by Crippen LogP contribution is 2.24. The van der Waals surface area contributed by atoms with E-state index in [1.807, 2.05) is 36.5 Å². The van der Waals surface area contributed by atoms with Gasteiger partial charge in [-0.05, 0) is 23.8 Å². The zero-order valence-electron chi connectivity index (χ0n) is 16.5. The van der Waals surface area contributed by atoms with Crippen molar-refractivity contribution >= 4 is 17.0 Å². The first kappa shape index (κ1) is 19.6. The minimum atomic E-state index is -0.309. The summed E-state index contributed by atoms with van der Waals surface area (Å²) >= 11 is 0. The van der Waals surface area contributed by atoms with Crippen LogP contribution in [-0.2, 0) is 12.0 Å². The number of rotatable bonds is 6. The maximum Gasteiger partial charge on any atom is 0.354 e. The Morgan fingerprint density at radius 1 is 1.25 bits per heavy atom. The zero-order valence-corrected chi connectivity index (χ0v) is 16.5. The molecular formula is C20H27N7O. The molecule has 0 aliphatic carbocycles. The van der Waals surface area contributed by atoms with Crippen molar-refractivity contribution in [2.45, 2.75) is 32.7 Å². The number of aromatic amines is 1. The van der Waals surface area contributed by atoms with Crippen molar-refractivity contribution in [2.75, 3.05) is 13.1 Å².